The first kappa shape index (κ1) is 18.0. The van der Waals surface area contributed by atoms with Gasteiger partial charge in [-0.15, -0.1) is 0 Å². The van der Waals surface area contributed by atoms with E-state index in [-0.39, 0.29) is 6.10 Å². The maximum atomic E-state index is 5.57. The van der Waals surface area contributed by atoms with E-state index >= 15 is 0 Å². The van der Waals surface area contributed by atoms with Crippen LogP contribution in [-0.2, 0) is 22.5 Å². The summed E-state index contributed by atoms with van der Waals surface area (Å²) in [4.78, 5) is 3.36. The molecule has 0 aromatic carbocycles. The molecule has 0 aliphatic carbocycles. The number of hydrogen-bond donors (Lipinski definition) is 0. The Hall–Kier alpha value is -0.340. The van der Waals surface area contributed by atoms with Crippen molar-refractivity contribution in [2.75, 3.05) is 13.2 Å². The molecule has 0 aliphatic rings. The molecule has 0 bridgehead atoms. The largest absolute Gasteiger partial charge is 0.378 e. The van der Waals surface area contributed by atoms with Crippen molar-refractivity contribution in [1.82, 2.24) is 20.0 Å². The molecule has 2 aromatic heterocycles. The van der Waals surface area contributed by atoms with Crippen LogP contribution in [0.5, 0.6) is 0 Å². The minimum Gasteiger partial charge on any atom is -0.378 e. The molecule has 0 spiro atoms. The van der Waals surface area contributed by atoms with Crippen molar-refractivity contribution in [1.29, 1.82) is 0 Å². The molecule has 2 rings (SSSR count). The lowest BCUT2D eigenvalue weighted by Gasteiger charge is -2.03. The van der Waals surface area contributed by atoms with Gasteiger partial charge in [-0.05, 0) is 26.6 Å². The van der Waals surface area contributed by atoms with Crippen LogP contribution in [-0.4, -0.2) is 39.3 Å². The van der Waals surface area contributed by atoms with E-state index in [9.17, 15) is 0 Å². The third kappa shape index (κ3) is 4.83. The average Bonchev–Trinajstić information content (AvgIpc) is 2.99. The van der Waals surface area contributed by atoms with Crippen LogP contribution in [0, 0.1) is 0 Å². The van der Waals surface area contributed by atoms with Crippen molar-refractivity contribution in [3.63, 3.8) is 0 Å². The maximum Gasteiger partial charge on any atom is 0.220 e. The molecular formula is C12H20I2N6O2+2. The smallest absolute Gasteiger partial charge is 0.220 e. The molecule has 0 saturated carbocycles. The number of ether oxygens (including phenoxy) is 2. The van der Waals surface area contributed by atoms with Crippen LogP contribution in [0.1, 0.15) is 32.2 Å². The van der Waals surface area contributed by atoms with Gasteiger partial charge in [-0.25, -0.2) is 0 Å². The first-order valence-corrected chi connectivity index (χ1v) is 8.98. The second-order valence-electron chi connectivity index (χ2n) is 4.86. The van der Waals surface area contributed by atoms with Crippen molar-refractivity contribution in [3.05, 3.63) is 23.8 Å². The second kappa shape index (κ2) is 8.49. The number of nitrogens with zero attached hydrogens (tertiary/aromatic N) is 6. The Morgan fingerprint density at radius 2 is 1.73 bits per heavy atom. The highest BCUT2D eigenvalue weighted by molar-refractivity contribution is 14.1. The molecule has 122 valence electrons. The van der Waals surface area contributed by atoms with Gasteiger partial charge < -0.3 is 9.47 Å². The van der Waals surface area contributed by atoms with E-state index in [0.29, 0.717) is 19.8 Å². The monoisotopic (exact) mass is 534 g/mol. The topological polar surface area (TPSA) is 61.9 Å². The summed E-state index contributed by atoms with van der Waals surface area (Å²) in [6, 6.07) is 0. The van der Waals surface area contributed by atoms with E-state index in [4.69, 9.17) is 9.47 Å². The molecule has 10 heteroatoms. The summed E-state index contributed by atoms with van der Waals surface area (Å²) < 4.78 is 14.6. The molecule has 0 saturated heterocycles. The van der Waals surface area contributed by atoms with Crippen molar-refractivity contribution in [2.24, 2.45) is 0 Å². The van der Waals surface area contributed by atoms with Gasteiger partial charge in [0.2, 0.25) is 61.2 Å². The molecule has 22 heavy (non-hydrogen) atoms. The summed E-state index contributed by atoms with van der Waals surface area (Å²) in [5, 5.41) is 9.05. The SMILES string of the molecule is CCOCc1c[n+](I)n(-n2nc(CCOC(C)C)c[n+]2I)n1. The second-order valence-corrected chi connectivity index (χ2v) is 6.84. The van der Waals surface area contributed by atoms with E-state index in [1.807, 2.05) is 39.0 Å². The summed E-state index contributed by atoms with van der Waals surface area (Å²) in [6.07, 6.45) is 4.88. The van der Waals surface area contributed by atoms with Crippen LogP contribution in [0.2, 0.25) is 0 Å². The highest BCUT2D eigenvalue weighted by Crippen LogP contribution is 1.99. The highest BCUT2D eigenvalue weighted by Gasteiger charge is 2.27. The number of rotatable bonds is 8. The molecule has 0 unspecified atom stereocenters. The van der Waals surface area contributed by atoms with Crippen molar-refractivity contribution < 1.29 is 15.3 Å². The van der Waals surface area contributed by atoms with E-state index < -0.39 is 0 Å². The summed E-state index contributed by atoms with van der Waals surface area (Å²) in [6.45, 7) is 7.84. The van der Waals surface area contributed by atoms with Gasteiger partial charge >= 0.3 is 0 Å². The lowest BCUT2D eigenvalue weighted by Crippen LogP contribution is -2.47. The Morgan fingerprint density at radius 3 is 2.32 bits per heavy atom. The number of halogens is 2. The zero-order valence-corrected chi connectivity index (χ0v) is 17.1. The fourth-order valence-corrected chi connectivity index (χ4v) is 2.92. The van der Waals surface area contributed by atoms with Crippen LogP contribution in [0.4, 0.5) is 0 Å². The Kier molecular flexibility index (Phi) is 6.95. The standard InChI is InChI=1S/C12H20I2N6O2/c1-4-21-9-12-8-18(14)20(16-12)19-15-11(7-17(19)13)5-6-22-10(2)3/h7-8,10H,4-6,9H2,1-3H3/q+2. The Bertz CT molecular complexity index is 613. The molecule has 0 atom stereocenters. The Labute approximate surface area is 157 Å². The summed E-state index contributed by atoms with van der Waals surface area (Å²) in [7, 11) is 0. The molecule has 0 fully saturated rings. The van der Waals surface area contributed by atoms with Gasteiger partial charge in [-0.1, -0.05) is 0 Å². The van der Waals surface area contributed by atoms with E-state index in [0.717, 1.165) is 17.8 Å². The van der Waals surface area contributed by atoms with Gasteiger partial charge in [-0.2, -0.15) is 0 Å². The van der Waals surface area contributed by atoms with Crippen LogP contribution in [0.25, 0.3) is 0 Å². The van der Waals surface area contributed by atoms with Gasteiger partial charge in [0.25, 0.3) is 0 Å². The van der Waals surface area contributed by atoms with Gasteiger partial charge in [0.15, 0.2) is 18.1 Å². The van der Waals surface area contributed by atoms with Gasteiger partial charge in [0.1, 0.15) is 6.61 Å². The van der Waals surface area contributed by atoms with Gasteiger partial charge in [0.05, 0.1) is 22.9 Å². The highest BCUT2D eigenvalue weighted by atomic mass is 127. The Morgan fingerprint density at radius 1 is 1.14 bits per heavy atom. The quantitative estimate of drug-likeness (QED) is 0.472. The molecule has 2 heterocycles. The molecular weight excluding hydrogens is 514 g/mol. The zero-order valence-electron chi connectivity index (χ0n) is 12.8. The molecule has 0 aliphatic heterocycles. The Balaban J connectivity index is 2.11. The molecule has 0 N–H and O–H groups in total. The van der Waals surface area contributed by atoms with E-state index in [1.54, 1.807) is 9.81 Å². The lowest BCUT2D eigenvalue weighted by atomic mass is 10.3. The predicted molar refractivity (Wildman–Crippen MR) is 94.6 cm³/mol. The third-order valence-electron chi connectivity index (χ3n) is 2.71. The summed E-state index contributed by atoms with van der Waals surface area (Å²) in [5.74, 6) is 0. The third-order valence-corrected chi connectivity index (χ3v) is 4.04. The van der Waals surface area contributed by atoms with Gasteiger partial charge in [-0.3, -0.25) is 0 Å². The maximum absolute atomic E-state index is 5.57. The average molecular weight is 534 g/mol. The molecule has 2 aromatic rings. The minimum atomic E-state index is 0.234. The minimum absolute atomic E-state index is 0.234. The fourth-order valence-electron chi connectivity index (χ4n) is 1.74. The lowest BCUT2D eigenvalue weighted by molar-refractivity contribution is -0.648. The molecule has 8 nitrogen and oxygen atoms in total. The summed E-state index contributed by atoms with van der Waals surface area (Å²) >= 11 is 4.33. The van der Waals surface area contributed by atoms with Gasteiger partial charge in [0, 0.05) is 13.0 Å². The van der Waals surface area contributed by atoms with Crippen LogP contribution >= 0.6 is 45.7 Å². The number of hydrogen-bond acceptors (Lipinski definition) is 4. The van der Waals surface area contributed by atoms with Crippen LogP contribution in [0.3, 0.4) is 0 Å². The van der Waals surface area contributed by atoms with E-state index in [2.05, 4.69) is 55.9 Å². The zero-order chi connectivity index (χ0) is 16.1. The predicted octanol–water partition coefficient (Wildman–Crippen LogP) is 0.866. The van der Waals surface area contributed by atoms with Crippen molar-refractivity contribution >= 4 is 45.7 Å². The van der Waals surface area contributed by atoms with E-state index in [1.165, 1.54) is 0 Å². The summed E-state index contributed by atoms with van der Waals surface area (Å²) in [5.41, 5.74) is 1.81. The molecule has 0 amide bonds. The van der Waals surface area contributed by atoms with Crippen LogP contribution < -0.4 is 5.79 Å². The number of aromatic nitrogens is 6. The fraction of sp³-hybridized carbons (Fsp3) is 0.667. The first-order valence-electron chi connectivity index (χ1n) is 7.05. The van der Waals surface area contributed by atoms with Crippen LogP contribution in [0.15, 0.2) is 12.4 Å². The van der Waals surface area contributed by atoms with Crippen molar-refractivity contribution in [3.8, 4) is 0 Å². The van der Waals surface area contributed by atoms with Crippen molar-refractivity contribution in [2.45, 2.75) is 39.9 Å². The first-order chi connectivity index (χ1) is 10.5. The molecule has 0 radical (unpaired) electrons. The normalized spacial score (nSPS) is 11.5.